The number of benzene rings is 1. The first kappa shape index (κ1) is 13.9. The van der Waals surface area contributed by atoms with E-state index in [0.717, 1.165) is 11.1 Å². The van der Waals surface area contributed by atoms with Gasteiger partial charge >= 0.3 is 0 Å². The zero-order valence-electron chi connectivity index (χ0n) is 11.9. The third-order valence-corrected chi connectivity index (χ3v) is 3.16. The van der Waals surface area contributed by atoms with Crippen molar-refractivity contribution in [1.82, 2.24) is 20.2 Å². The van der Waals surface area contributed by atoms with E-state index in [1.807, 2.05) is 42.5 Å². The van der Waals surface area contributed by atoms with E-state index in [4.69, 9.17) is 0 Å². The molecule has 0 aliphatic heterocycles. The minimum absolute atomic E-state index is 0.229. The van der Waals surface area contributed by atoms with Crippen molar-refractivity contribution in [3.63, 3.8) is 0 Å². The molecule has 1 aromatic carbocycles. The molecule has 0 fully saturated rings. The van der Waals surface area contributed by atoms with Crippen molar-refractivity contribution in [2.24, 2.45) is 0 Å². The second-order valence-corrected chi connectivity index (χ2v) is 4.83. The molecule has 22 heavy (non-hydrogen) atoms. The average Bonchev–Trinajstić information content (AvgIpc) is 2.57. The van der Waals surface area contributed by atoms with Crippen LogP contribution in [0.25, 0.3) is 0 Å². The van der Waals surface area contributed by atoms with Crippen LogP contribution in [0.5, 0.6) is 0 Å². The van der Waals surface area contributed by atoms with E-state index in [-0.39, 0.29) is 5.56 Å². The van der Waals surface area contributed by atoms with E-state index in [9.17, 15) is 4.79 Å². The zero-order valence-corrected chi connectivity index (χ0v) is 11.9. The van der Waals surface area contributed by atoms with Gasteiger partial charge in [0.05, 0.1) is 0 Å². The number of hydrogen-bond donors (Lipinski definition) is 2. The minimum atomic E-state index is -0.229. The fourth-order valence-corrected chi connectivity index (χ4v) is 2.03. The Bertz CT molecular complexity index is 786. The van der Waals surface area contributed by atoms with E-state index in [2.05, 4.69) is 25.5 Å². The number of nitrogens with one attached hydrogen (secondary N) is 2. The third-order valence-electron chi connectivity index (χ3n) is 3.16. The van der Waals surface area contributed by atoms with E-state index in [1.165, 1.54) is 0 Å². The molecule has 0 bridgehead atoms. The summed E-state index contributed by atoms with van der Waals surface area (Å²) in [7, 11) is 0. The van der Waals surface area contributed by atoms with Crippen LogP contribution in [0.1, 0.15) is 16.8 Å². The van der Waals surface area contributed by atoms with Gasteiger partial charge in [-0.3, -0.25) is 14.8 Å². The molecule has 110 valence electrons. The first-order valence-electron chi connectivity index (χ1n) is 6.94. The van der Waals surface area contributed by atoms with Crippen LogP contribution >= 0.6 is 0 Å². The second kappa shape index (κ2) is 6.62. The van der Waals surface area contributed by atoms with Gasteiger partial charge in [0, 0.05) is 25.4 Å². The zero-order chi connectivity index (χ0) is 15.2. The van der Waals surface area contributed by atoms with Crippen LogP contribution in [0, 0.1) is 0 Å². The van der Waals surface area contributed by atoms with Crippen LogP contribution in [-0.2, 0) is 13.0 Å². The number of aromatic amines is 1. The SMILES string of the molecule is O=c1[nH]c(NCc2cccnc2)nnc1Cc1ccccc1. The lowest BCUT2D eigenvalue weighted by atomic mass is 10.1. The monoisotopic (exact) mass is 293 g/mol. The molecule has 6 heteroatoms. The molecule has 0 spiro atoms. The van der Waals surface area contributed by atoms with Crippen molar-refractivity contribution in [3.8, 4) is 0 Å². The summed E-state index contributed by atoms with van der Waals surface area (Å²) >= 11 is 0. The predicted octanol–water partition coefficient (Wildman–Crippen LogP) is 1.76. The molecular weight excluding hydrogens is 278 g/mol. The summed E-state index contributed by atoms with van der Waals surface area (Å²) < 4.78 is 0. The quantitative estimate of drug-likeness (QED) is 0.749. The van der Waals surface area contributed by atoms with Gasteiger partial charge in [-0.25, -0.2) is 0 Å². The van der Waals surface area contributed by atoms with Gasteiger partial charge in [0.15, 0.2) is 0 Å². The maximum atomic E-state index is 12.0. The van der Waals surface area contributed by atoms with Crippen molar-refractivity contribution in [2.75, 3.05) is 5.32 Å². The van der Waals surface area contributed by atoms with Crippen LogP contribution in [0.15, 0.2) is 59.7 Å². The Hall–Kier alpha value is -3.02. The standard InChI is InChI=1S/C16H15N5O/c22-15-14(9-12-5-2-1-3-6-12)20-21-16(19-15)18-11-13-7-4-8-17-10-13/h1-8,10H,9,11H2,(H2,18,19,21,22). The molecular formula is C16H15N5O. The molecule has 0 radical (unpaired) electrons. The largest absolute Gasteiger partial charge is 0.350 e. The summed E-state index contributed by atoms with van der Waals surface area (Å²) in [5.74, 6) is 0.352. The lowest BCUT2D eigenvalue weighted by Crippen LogP contribution is -2.19. The van der Waals surface area contributed by atoms with Gasteiger partial charge in [0.2, 0.25) is 5.95 Å². The maximum Gasteiger partial charge on any atom is 0.274 e. The lowest BCUT2D eigenvalue weighted by molar-refractivity contribution is 0.859. The Balaban J connectivity index is 1.68. The number of anilines is 1. The Kier molecular flexibility index (Phi) is 4.20. The molecule has 0 saturated carbocycles. The van der Waals surface area contributed by atoms with Gasteiger partial charge in [-0.05, 0) is 17.2 Å². The summed E-state index contributed by atoms with van der Waals surface area (Å²) in [4.78, 5) is 18.8. The van der Waals surface area contributed by atoms with Gasteiger partial charge in [0.25, 0.3) is 5.56 Å². The molecule has 0 atom stereocenters. The number of rotatable bonds is 5. The number of aromatic nitrogens is 4. The van der Waals surface area contributed by atoms with Crippen LogP contribution in [-0.4, -0.2) is 20.2 Å². The average molecular weight is 293 g/mol. The topological polar surface area (TPSA) is 83.6 Å². The molecule has 2 heterocycles. The van der Waals surface area contributed by atoms with E-state index in [0.29, 0.717) is 24.6 Å². The molecule has 0 amide bonds. The fourth-order valence-electron chi connectivity index (χ4n) is 2.03. The van der Waals surface area contributed by atoms with Gasteiger partial charge in [-0.15, -0.1) is 10.2 Å². The molecule has 2 aromatic heterocycles. The normalized spacial score (nSPS) is 10.4. The summed E-state index contributed by atoms with van der Waals surface area (Å²) in [5, 5.41) is 11.1. The molecule has 6 nitrogen and oxygen atoms in total. The fraction of sp³-hybridized carbons (Fsp3) is 0.125. The Morgan fingerprint density at radius 1 is 1.00 bits per heavy atom. The van der Waals surface area contributed by atoms with E-state index < -0.39 is 0 Å². The van der Waals surface area contributed by atoms with Crippen molar-refractivity contribution >= 4 is 5.95 Å². The van der Waals surface area contributed by atoms with Gasteiger partial charge < -0.3 is 5.32 Å². The minimum Gasteiger partial charge on any atom is -0.350 e. The van der Waals surface area contributed by atoms with Crippen LogP contribution in [0.4, 0.5) is 5.95 Å². The van der Waals surface area contributed by atoms with Gasteiger partial charge in [-0.1, -0.05) is 36.4 Å². The highest BCUT2D eigenvalue weighted by molar-refractivity contribution is 5.26. The smallest absolute Gasteiger partial charge is 0.274 e. The number of pyridine rings is 1. The highest BCUT2D eigenvalue weighted by Crippen LogP contribution is 2.04. The van der Waals surface area contributed by atoms with E-state index >= 15 is 0 Å². The molecule has 0 aliphatic rings. The summed E-state index contributed by atoms with van der Waals surface area (Å²) in [6.07, 6.45) is 3.93. The molecule has 0 unspecified atom stereocenters. The van der Waals surface area contributed by atoms with Crippen molar-refractivity contribution in [3.05, 3.63) is 82.0 Å². The molecule has 0 aliphatic carbocycles. The first-order valence-corrected chi connectivity index (χ1v) is 6.94. The van der Waals surface area contributed by atoms with E-state index in [1.54, 1.807) is 12.4 Å². The van der Waals surface area contributed by atoms with Crippen LogP contribution in [0.3, 0.4) is 0 Å². The lowest BCUT2D eigenvalue weighted by Gasteiger charge is -2.05. The molecule has 3 aromatic rings. The Morgan fingerprint density at radius 3 is 2.55 bits per heavy atom. The molecule has 0 saturated heterocycles. The van der Waals surface area contributed by atoms with Crippen LogP contribution in [0.2, 0.25) is 0 Å². The predicted molar refractivity (Wildman–Crippen MR) is 83.5 cm³/mol. The van der Waals surface area contributed by atoms with Gasteiger partial charge in [0.1, 0.15) is 5.69 Å². The number of nitrogens with zero attached hydrogens (tertiary/aromatic N) is 3. The second-order valence-electron chi connectivity index (χ2n) is 4.83. The number of hydrogen-bond acceptors (Lipinski definition) is 5. The highest BCUT2D eigenvalue weighted by Gasteiger charge is 2.05. The van der Waals surface area contributed by atoms with Crippen molar-refractivity contribution in [2.45, 2.75) is 13.0 Å². The summed E-state index contributed by atoms with van der Waals surface area (Å²) in [6.45, 7) is 0.524. The summed E-state index contributed by atoms with van der Waals surface area (Å²) in [6, 6.07) is 13.5. The molecule has 3 rings (SSSR count). The Morgan fingerprint density at radius 2 is 1.82 bits per heavy atom. The van der Waals surface area contributed by atoms with Crippen molar-refractivity contribution in [1.29, 1.82) is 0 Å². The number of H-pyrrole nitrogens is 1. The van der Waals surface area contributed by atoms with Crippen LogP contribution < -0.4 is 10.9 Å². The summed E-state index contributed by atoms with van der Waals surface area (Å²) in [5.41, 5.74) is 2.20. The van der Waals surface area contributed by atoms with Gasteiger partial charge in [-0.2, -0.15) is 0 Å². The Labute approximate surface area is 127 Å². The van der Waals surface area contributed by atoms with Crippen molar-refractivity contribution < 1.29 is 0 Å². The molecule has 2 N–H and O–H groups in total. The maximum absolute atomic E-state index is 12.0. The first-order chi connectivity index (χ1) is 10.8. The third kappa shape index (κ3) is 3.54. The highest BCUT2D eigenvalue weighted by atomic mass is 16.1.